The maximum atomic E-state index is 12.9. The van der Waals surface area contributed by atoms with Gasteiger partial charge in [-0.25, -0.2) is 4.79 Å². The number of carbonyl (C=O) groups is 3. The lowest BCUT2D eigenvalue weighted by Crippen LogP contribution is -2.40. The van der Waals surface area contributed by atoms with Crippen molar-refractivity contribution in [2.45, 2.75) is 31.8 Å². The van der Waals surface area contributed by atoms with Gasteiger partial charge in [0, 0.05) is 18.8 Å². The normalized spacial score (nSPS) is 19.7. The number of nitrogens with two attached hydrogens (primary N) is 1. The van der Waals surface area contributed by atoms with Crippen LogP contribution in [0.5, 0.6) is 0 Å². The summed E-state index contributed by atoms with van der Waals surface area (Å²) in [5.74, 6) is -0.517. The van der Waals surface area contributed by atoms with Crippen LogP contribution >= 0.6 is 0 Å². The minimum absolute atomic E-state index is 0.103. The van der Waals surface area contributed by atoms with E-state index in [9.17, 15) is 14.4 Å². The van der Waals surface area contributed by atoms with Gasteiger partial charge in [-0.2, -0.15) is 0 Å². The fraction of sp³-hybridized carbons (Fsp3) is 0.400. The van der Waals surface area contributed by atoms with E-state index in [0.29, 0.717) is 31.9 Å². The lowest BCUT2D eigenvalue weighted by molar-refractivity contribution is -0.123. The van der Waals surface area contributed by atoms with Crippen LogP contribution in [-0.2, 0) is 20.9 Å². The molecule has 0 saturated carbocycles. The van der Waals surface area contributed by atoms with Crippen LogP contribution in [0.25, 0.3) is 0 Å². The molecule has 0 spiro atoms. The highest BCUT2D eigenvalue weighted by atomic mass is 16.6. The van der Waals surface area contributed by atoms with Crippen molar-refractivity contribution in [3.8, 4) is 0 Å². The molecular formula is C25H30N4O4. The summed E-state index contributed by atoms with van der Waals surface area (Å²) in [6, 6.07) is 16.9. The third-order valence-electron chi connectivity index (χ3n) is 6.26. The van der Waals surface area contributed by atoms with Crippen LogP contribution in [0.4, 0.5) is 10.5 Å². The Balaban J connectivity index is 1.40. The number of cyclic esters (lactones) is 1. The van der Waals surface area contributed by atoms with Crippen molar-refractivity contribution in [1.29, 1.82) is 0 Å². The van der Waals surface area contributed by atoms with E-state index in [-0.39, 0.29) is 30.2 Å². The molecule has 3 amide bonds. The minimum atomic E-state index is -0.394. The smallest absolute Gasteiger partial charge is 0.410 e. The van der Waals surface area contributed by atoms with E-state index in [0.717, 1.165) is 30.5 Å². The molecule has 174 valence electrons. The first-order valence-corrected chi connectivity index (χ1v) is 11.4. The molecule has 2 saturated heterocycles. The molecule has 8 nitrogen and oxygen atoms in total. The lowest BCUT2D eigenvalue weighted by atomic mass is 9.97. The number of hydrogen-bond donors (Lipinski definition) is 2. The zero-order valence-electron chi connectivity index (χ0n) is 18.6. The summed E-state index contributed by atoms with van der Waals surface area (Å²) in [6.07, 6.45) is 1.53. The number of ether oxygens (including phenoxy) is 1. The Morgan fingerprint density at radius 2 is 1.94 bits per heavy atom. The van der Waals surface area contributed by atoms with E-state index < -0.39 is 6.09 Å². The van der Waals surface area contributed by atoms with E-state index in [1.165, 1.54) is 0 Å². The zero-order valence-corrected chi connectivity index (χ0v) is 18.6. The number of piperidine rings is 1. The molecule has 33 heavy (non-hydrogen) atoms. The van der Waals surface area contributed by atoms with E-state index in [1.807, 2.05) is 54.6 Å². The summed E-state index contributed by atoms with van der Waals surface area (Å²) >= 11 is 0. The molecule has 0 aromatic heterocycles. The van der Waals surface area contributed by atoms with Crippen LogP contribution in [0.15, 0.2) is 54.6 Å². The number of primary amides is 1. The van der Waals surface area contributed by atoms with Crippen molar-refractivity contribution >= 4 is 23.6 Å². The number of nitrogens with one attached hydrogen (secondary N) is 1. The Kier molecular flexibility index (Phi) is 7.24. The van der Waals surface area contributed by atoms with Gasteiger partial charge < -0.3 is 15.8 Å². The van der Waals surface area contributed by atoms with Crippen LogP contribution in [0.1, 0.15) is 36.4 Å². The Morgan fingerprint density at radius 3 is 2.67 bits per heavy atom. The summed E-state index contributed by atoms with van der Waals surface area (Å²) in [5.41, 5.74) is 8.15. The van der Waals surface area contributed by atoms with Crippen molar-refractivity contribution in [2.75, 3.05) is 31.6 Å². The number of benzene rings is 2. The van der Waals surface area contributed by atoms with Crippen LogP contribution < -0.4 is 11.1 Å². The highest BCUT2D eigenvalue weighted by molar-refractivity contribution is 5.91. The van der Waals surface area contributed by atoms with Crippen LogP contribution in [0.3, 0.4) is 0 Å². The average Bonchev–Trinajstić information content (AvgIpc) is 3.24. The number of hydrogen-bond acceptors (Lipinski definition) is 5. The topological polar surface area (TPSA) is 105 Å². The second-order valence-electron chi connectivity index (χ2n) is 8.66. The molecule has 2 atom stereocenters. The highest BCUT2D eigenvalue weighted by Crippen LogP contribution is 2.28. The third-order valence-corrected chi connectivity index (χ3v) is 6.26. The van der Waals surface area contributed by atoms with Gasteiger partial charge >= 0.3 is 6.09 Å². The molecule has 2 heterocycles. The molecule has 2 unspecified atom stereocenters. The van der Waals surface area contributed by atoms with Gasteiger partial charge in [0.05, 0.1) is 24.9 Å². The summed E-state index contributed by atoms with van der Waals surface area (Å²) in [4.78, 5) is 40.5. The number of carbonyl (C=O) groups excluding carboxylic acids is 3. The number of likely N-dealkylation sites (tertiary alicyclic amines) is 1. The van der Waals surface area contributed by atoms with Gasteiger partial charge in [0.25, 0.3) is 0 Å². The van der Waals surface area contributed by atoms with Crippen molar-refractivity contribution in [3.05, 3.63) is 65.7 Å². The van der Waals surface area contributed by atoms with E-state index in [2.05, 4.69) is 10.2 Å². The second-order valence-corrected chi connectivity index (χ2v) is 8.66. The van der Waals surface area contributed by atoms with Gasteiger partial charge in [-0.15, -0.1) is 0 Å². The van der Waals surface area contributed by atoms with Crippen LogP contribution in [0.2, 0.25) is 0 Å². The Hall–Kier alpha value is -3.39. The monoisotopic (exact) mass is 450 g/mol. The average molecular weight is 451 g/mol. The first kappa shape index (κ1) is 22.8. The predicted octanol–water partition coefficient (Wildman–Crippen LogP) is 2.91. The van der Waals surface area contributed by atoms with Gasteiger partial charge in [-0.05, 0) is 42.6 Å². The minimum Gasteiger partial charge on any atom is -0.448 e. The molecule has 8 heteroatoms. The van der Waals surface area contributed by atoms with E-state index in [1.54, 1.807) is 4.90 Å². The maximum absolute atomic E-state index is 12.9. The van der Waals surface area contributed by atoms with Crippen molar-refractivity contribution in [1.82, 2.24) is 9.80 Å². The molecule has 2 fully saturated rings. The molecule has 3 N–H and O–H groups in total. The maximum Gasteiger partial charge on any atom is 0.410 e. The first-order chi connectivity index (χ1) is 16.0. The summed E-state index contributed by atoms with van der Waals surface area (Å²) < 4.78 is 5.10. The number of nitrogens with zero attached hydrogens (tertiary/aromatic N) is 2. The van der Waals surface area contributed by atoms with Gasteiger partial charge in [0.2, 0.25) is 11.8 Å². The summed E-state index contributed by atoms with van der Waals surface area (Å²) in [5, 5.41) is 2.97. The van der Waals surface area contributed by atoms with E-state index in [4.69, 9.17) is 10.5 Å². The zero-order chi connectivity index (χ0) is 23.2. The van der Waals surface area contributed by atoms with Gasteiger partial charge in [0.15, 0.2) is 0 Å². The molecule has 2 aliphatic heterocycles. The molecule has 2 aromatic carbocycles. The molecular weight excluding hydrogens is 420 g/mol. The van der Waals surface area contributed by atoms with E-state index >= 15 is 0 Å². The Labute approximate surface area is 193 Å². The van der Waals surface area contributed by atoms with Crippen LogP contribution in [-0.4, -0.2) is 53.9 Å². The number of amides is 3. The number of rotatable bonds is 8. The van der Waals surface area contributed by atoms with Gasteiger partial charge in [-0.1, -0.05) is 42.5 Å². The summed E-state index contributed by atoms with van der Waals surface area (Å²) in [6.45, 7) is 3.07. The Morgan fingerprint density at radius 1 is 1.12 bits per heavy atom. The molecule has 2 aliphatic rings. The highest BCUT2D eigenvalue weighted by Gasteiger charge is 2.32. The van der Waals surface area contributed by atoms with Crippen LogP contribution in [0, 0.1) is 5.92 Å². The quantitative estimate of drug-likeness (QED) is 0.643. The molecule has 2 aromatic rings. The Bertz CT molecular complexity index is 997. The molecule has 0 aliphatic carbocycles. The standard InChI is InChI=1S/C25H30N4O4/c26-24(31)20-9-5-11-28(17-20)16-18-6-4-10-21(14-18)27-23(30)15-22(19-7-2-1-3-8-19)29-12-13-33-25(29)32/h1-4,6-8,10,14,20,22H,5,9,11-13,15-17H2,(H2,26,31)(H,27,30). The fourth-order valence-electron chi connectivity index (χ4n) is 4.60. The van der Waals surface area contributed by atoms with Crippen molar-refractivity contribution in [3.63, 3.8) is 0 Å². The first-order valence-electron chi connectivity index (χ1n) is 11.4. The van der Waals surface area contributed by atoms with Gasteiger partial charge in [0.1, 0.15) is 6.61 Å². The third kappa shape index (κ3) is 5.90. The largest absolute Gasteiger partial charge is 0.448 e. The second kappa shape index (κ2) is 10.5. The SMILES string of the molecule is NC(=O)C1CCCN(Cc2cccc(NC(=O)CC(c3ccccc3)N3CCOC3=O)c2)C1. The van der Waals surface area contributed by atoms with Crippen molar-refractivity contribution < 1.29 is 19.1 Å². The fourth-order valence-corrected chi connectivity index (χ4v) is 4.60. The molecule has 4 rings (SSSR count). The number of anilines is 1. The lowest BCUT2D eigenvalue weighted by Gasteiger charge is -2.31. The molecule has 0 radical (unpaired) electrons. The summed E-state index contributed by atoms with van der Waals surface area (Å²) in [7, 11) is 0. The molecule has 0 bridgehead atoms. The predicted molar refractivity (Wildman–Crippen MR) is 124 cm³/mol. The van der Waals surface area contributed by atoms with Gasteiger partial charge in [-0.3, -0.25) is 19.4 Å². The van der Waals surface area contributed by atoms with Crippen molar-refractivity contribution in [2.24, 2.45) is 11.7 Å².